The van der Waals surface area contributed by atoms with Crippen LogP contribution in [0, 0.1) is 0 Å². The number of nitrogens with one attached hydrogen (secondary N) is 1. The number of rotatable bonds is 4. The fraction of sp³-hybridized carbons (Fsp3) is 0.105. The standard InChI is InChI=1S/C19H15Cl2NO2/c20-16-8-4-12(10-17(16)21)5-9-19(24)22-18-3-1-2-13-6-7-14(23)11-15(13)18/h1-4,6-8,10-11,23H,5,9H2,(H,22,24). The molecule has 2 N–H and O–H groups in total. The number of halogens is 2. The molecule has 0 heterocycles. The second kappa shape index (κ2) is 7.12. The lowest BCUT2D eigenvalue weighted by Gasteiger charge is -2.09. The van der Waals surface area contributed by atoms with Gasteiger partial charge in [-0.05, 0) is 47.7 Å². The number of benzene rings is 3. The van der Waals surface area contributed by atoms with Crippen LogP contribution in [0.4, 0.5) is 5.69 Å². The van der Waals surface area contributed by atoms with Gasteiger partial charge in [0.05, 0.1) is 10.0 Å². The molecule has 5 heteroatoms. The van der Waals surface area contributed by atoms with E-state index in [1.807, 2.05) is 30.3 Å². The van der Waals surface area contributed by atoms with E-state index in [4.69, 9.17) is 23.2 Å². The SMILES string of the molecule is O=C(CCc1ccc(Cl)c(Cl)c1)Nc1cccc2ccc(O)cc12. The number of aromatic hydroxyl groups is 1. The molecule has 0 aliphatic carbocycles. The first-order valence-corrected chi connectivity index (χ1v) is 8.24. The zero-order chi connectivity index (χ0) is 17.1. The van der Waals surface area contributed by atoms with Crippen LogP contribution in [0.2, 0.25) is 10.0 Å². The number of phenols is 1. The summed E-state index contributed by atoms with van der Waals surface area (Å²) in [6.07, 6.45) is 0.895. The minimum atomic E-state index is -0.100. The average Bonchev–Trinajstić information content (AvgIpc) is 2.56. The predicted octanol–water partition coefficient (Wildman–Crippen LogP) is 5.42. The maximum Gasteiger partial charge on any atom is 0.224 e. The van der Waals surface area contributed by atoms with Gasteiger partial charge < -0.3 is 10.4 Å². The third-order valence-electron chi connectivity index (χ3n) is 3.76. The number of hydrogen-bond donors (Lipinski definition) is 2. The molecular weight excluding hydrogens is 345 g/mol. The van der Waals surface area contributed by atoms with Crippen LogP contribution < -0.4 is 5.32 Å². The van der Waals surface area contributed by atoms with E-state index in [-0.39, 0.29) is 11.7 Å². The van der Waals surface area contributed by atoms with Gasteiger partial charge in [0.15, 0.2) is 0 Å². The van der Waals surface area contributed by atoms with Gasteiger partial charge >= 0.3 is 0 Å². The first-order chi connectivity index (χ1) is 11.5. The summed E-state index contributed by atoms with van der Waals surface area (Å²) in [7, 11) is 0. The highest BCUT2D eigenvalue weighted by Gasteiger charge is 2.08. The minimum Gasteiger partial charge on any atom is -0.508 e. The largest absolute Gasteiger partial charge is 0.508 e. The summed E-state index contributed by atoms with van der Waals surface area (Å²) < 4.78 is 0. The fourth-order valence-electron chi connectivity index (χ4n) is 2.54. The zero-order valence-corrected chi connectivity index (χ0v) is 14.2. The van der Waals surface area contributed by atoms with Crippen LogP contribution in [0.25, 0.3) is 10.8 Å². The molecule has 0 saturated carbocycles. The van der Waals surface area contributed by atoms with E-state index in [2.05, 4.69) is 5.32 Å². The third kappa shape index (κ3) is 3.81. The number of anilines is 1. The van der Waals surface area contributed by atoms with Gasteiger partial charge in [-0.3, -0.25) is 4.79 Å². The van der Waals surface area contributed by atoms with Crippen LogP contribution in [0.1, 0.15) is 12.0 Å². The van der Waals surface area contributed by atoms with Gasteiger partial charge in [-0.1, -0.05) is 47.5 Å². The van der Waals surface area contributed by atoms with Crippen LogP contribution in [0.15, 0.2) is 54.6 Å². The number of hydrogen-bond acceptors (Lipinski definition) is 2. The van der Waals surface area contributed by atoms with Crippen molar-refractivity contribution in [2.45, 2.75) is 12.8 Å². The van der Waals surface area contributed by atoms with Gasteiger partial charge in [0, 0.05) is 17.5 Å². The second-order valence-electron chi connectivity index (χ2n) is 5.51. The third-order valence-corrected chi connectivity index (χ3v) is 4.50. The molecule has 0 atom stereocenters. The Morgan fingerprint density at radius 2 is 1.83 bits per heavy atom. The number of aryl methyl sites for hydroxylation is 1. The van der Waals surface area contributed by atoms with Gasteiger partial charge in [-0.2, -0.15) is 0 Å². The molecule has 0 aromatic heterocycles. The summed E-state index contributed by atoms with van der Waals surface area (Å²) >= 11 is 11.9. The highest BCUT2D eigenvalue weighted by atomic mass is 35.5. The summed E-state index contributed by atoms with van der Waals surface area (Å²) in [6, 6.07) is 16.1. The van der Waals surface area contributed by atoms with Crippen LogP contribution in [-0.4, -0.2) is 11.0 Å². The monoisotopic (exact) mass is 359 g/mol. The average molecular weight is 360 g/mol. The highest BCUT2D eigenvalue weighted by molar-refractivity contribution is 6.42. The van der Waals surface area contributed by atoms with Crippen molar-refractivity contribution in [2.24, 2.45) is 0 Å². The number of carbonyl (C=O) groups excluding carboxylic acids is 1. The molecule has 3 nitrogen and oxygen atoms in total. The molecule has 24 heavy (non-hydrogen) atoms. The Morgan fingerprint density at radius 3 is 2.62 bits per heavy atom. The number of phenolic OH excluding ortho intramolecular Hbond substituents is 1. The minimum absolute atomic E-state index is 0.100. The Hall–Kier alpha value is -2.23. The molecule has 3 aromatic carbocycles. The van der Waals surface area contributed by atoms with Crippen LogP contribution >= 0.6 is 23.2 Å². The van der Waals surface area contributed by atoms with Crippen molar-refractivity contribution in [3.8, 4) is 5.75 Å². The van der Waals surface area contributed by atoms with E-state index in [1.165, 1.54) is 0 Å². The van der Waals surface area contributed by atoms with Crippen molar-refractivity contribution < 1.29 is 9.90 Å². The van der Waals surface area contributed by atoms with E-state index in [1.54, 1.807) is 24.3 Å². The molecule has 0 radical (unpaired) electrons. The molecule has 0 aliphatic heterocycles. The van der Waals surface area contributed by atoms with Crippen molar-refractivity contribution in [3.05, 3.63) is 70.2 Å². The van der Waals surface area contributed by atoms with Gasteiger partial charge in [0.1, 0.15) is 5.75 Å². The molecule has 0 saturated heterocycles. The molecule has 0 unspecified atom stereocenters. The van der Waals surface area contributed by atoms with Crippen molar-refractivity contribution in [1.29, 1.82) is 0 Å². The van der Waals surface area contributed by atoms with E-state index in [9.17, 15) is 9.90 Å². The molecule has 0 bridgehead atoms. The molecule has 1 amide bonds. The van der Waals surface area contributed by atoms with Crippen LogP contribution in [-0.2, 0) is 11.2 Å². The number of amides is 1. The summed E-state index contributed by atoms with van der Waals surface area (Å²) in [5, 5.41) is 15.3. The number of carbonyl (C=O) groups is 1. The topological polar surface area (TPSA) is 49.3 Å². The van der Waals surface area contributed by atoms with Gasteiger partial charge in [0.2, 0.25) is 5.91 Å². The lowest BCUT2D eigenvalue weighted by atomic mass is 10.1. The molecule has 3 rings (SSSR count). The van der Waals surface area contributed by atoms with E-state index >= 15 is 0 Å². The Labute approximate surface area is 149 Å². The van der Waals surface area contributed by atoms with Crippen molar-refractivity contribution in [1.82, 2.24) is 0 Å². The van der Waals surface area contributed by atoms with Crippen LogP contribution in [0.3, 0.4) is 0 Å². The Balaban J connectivity index is 1.71. The van der Waals surface area contributed by atoms with Crippen molar-refractivity contribution in [2.75, 3.05) is 5.32 Å². The highest BCUT2D eigenvalue weighted by Crippen LogP contribution is 2.27. The molecule has 0 aliphatic rings. The van der Waals surface area contributed by atoms with E-state index in [0.717, 1.165) is 16.3 Å². The first-order valence-electron chi connectivity index (χ1n) is 7.48. The maximum absolute atomic E-state index is 12.2. The normalized spacial score (nSPS) is 10.8. The van der Waals surface area contributed by atoms with Crippen molar-refractivity contribution in [3.63, 3.8) is 0 Å². The van der Waals surface area contributed by atoms with Gasteiger partial charge in [-0.15, -0.1) is 0 Å². The number of fused-ring (bicyclic) bond motifs is 1. The maximum atomic E-state index is 12.2. The zero-order valence-electron chi connectivity index (χ0n) is 12.7. The molecule has 0 fully saturated rings. The fourth-order valence-corrected chi connectivity index (χ4v) is 2.86. The lowest BCUT2D eigenvalue weighted by Crippen LogP contribution is -2.12. The summed E-state index contributed by atoms with van der Waals surface area (Å²) in [4.78, 5) is 12.2. The predicted molar refractivity (Wildman–Crippen MR) is 99.0 cm³/mol. The molecule has 0 spiro atoms. The summed E-state index contributed by atoms with van der Waals surface area (Å²) in [5.74, 6) is 0.0666. The van der Waals surface area contributed by atoms with Crippen LogP contribution in [0.5, 0.6) is 5.75 Å². The molecule has 3 aromatic rings. The van der Waals surface area contributed by atoms with Gasteiger partial charge in [-0.25, -0.2) is 0 Å². The van der Waals surface area contributed by atoms with E-state index < -0.39 is 0 Å². The Kier molecular flexibility index (Phi) is 4.93. The lowest BCUT2D eigenvalue weighted by molar-refractivity contribution is -0.116. The molecule has 122 valence electrons. The summed E-state index contributed by atoms with van der Waals surface area (Å²) in [5.41, 5.74) is 1.64. The summed E-state index contributed by atoms with van der Waals surface area (Å²) in [6.45, 7) is 0. The van der Waals surface area contributed by atoms with Gasteiger partial charge in [0.25, 0.3) is 0 Å². The smallest absolute Gasteiger partial charge is 0.224 e. The molecular formula is C19H15Cl2NO2. The Morgan fingerprint density at radius 1 is 1.00 bits per heavy atom. The van der Waals surface area contributed by atoms with E-state index in [0.29, 0.717) is 28.6 Å². The Bertz CT molecular complexity index is 909. The van der Waals surface area contributed by atoms with Crippen molar-refractivity contribution >= 4 is 45.6 Å². The second-order valence-corrected chi connectivity index (χ2v) is 6.32. The quantitative estimate of drug-likeness (QED) is 0.652. The first kappa shape index (κ1) is 16.6.